The molecule has 26 heavy (non-hydrogen) atoms. The molecule has 2 aromatic rings. The lowest BCUT2D eigenvalue weighted by molar-refractivity contribution is -0.101. The molecule has 0 spiro atoms. The smallest absolute Gasteiger partial charge is 0.257 e. The fourth-order valence-electron chi connectivity index (χ4n) is 3.76. The summed E-state index contributed by atoms with van der Waals surface area (Å²) in [7, 11) is 0. The molecule has 0 unspecified atom stereocenters. The molecule has 0 N–H and O–H groups in total. The summed E-state index contributed by atoms with van der Waals surface area (Å²) in [5, 5.41) is 0. The SMILES string of the molecule is O=C(c1ccncc1F)N1CC[C@H]2OCCN(Cc3ccncc3)[C@@H]2C1. The fraction of sp³-hybridized carbons (Fsp3) is 0.421. The lowest BCUT2D eigenvalue weighted by Gasteiger charge is -2.47. The Labute approximate surface area is 151 Å². The standard InChI is InChI=1S/C19H21FN4O2/c20-16-11-22-7-3-15(16)19(25)24-8-4-18-17(13-24)23(9-10-26-18)12-14-1-5-21-6-2-14/h1-3,5-7,11,17-18H,4,8-10,12-13H2/t17-,18-/m1/s1. The van der Waals surface area contributed by atoms with Crippen molar-refractivity contribution in [3.05, 3.63) is 59.9 Å². The number of carbonyl (C=O) groups excluding carboxylic acids is 1. The lowest BCUT2D eigenvalue weighted by atomic mass is 9.97. The van der Waals surface area contributed by atoms with Crippen molar-refractivity contribution in [3.63, 3.8) is 0 Å². The van der Waals surface area contributed by atoms with Gasteiger partial charge in [-0.25, -0.2) is 4.39 Å². The van der Waals surface area contributed by atoms with Crippen LogP contribution in [0.15, 0.2) is 43.0 Å². The minimum absolute atomic E-state index is 0.0795. The quantitative estimate of drug-likeness (QED) is 0.838. The molecule has 4 rings (SSSR count). The van der Waals surface area contributed by atoms with Crippen LogP contribution in [0.5, 0.6) is 0 Å². The molecule has 2 atom stereocenters. The Morgan fingerprint density at radius 2 is 2.00 bits per heavy atom. The summed E-state index contributed by atoms with van der Waals surface area (Å²) in [4.78, 5) is 24.6. The number of rotatable bonds is 3. The van der Waals surface area contributed by atoms with Gasteiger partial charge >= 0.3 is 0 Å². The molecular formula is C19H21FN4O2. The van der Waals surface area contributed by atoms with E-state index in [1.807, 2.05) is 12.1 Å². The maximum atomic E-state index is 13.9. The molecule has 4 heterocycles. The molecule has 0 radical (unpaired) electrons. The summed E-state index contributed by atoms with van der Waals surface area (Å²) in [6.45, 7) is 3.41. The van der Waals surface area contributed by atoms with Gasteiger partial charge in [-0.15, -0.1) is 0 Å². The maximum absolute atomic E-state index is 13.9. The van der Waals surface area contributed by atoms with Crippen LogP contribution in [0.2, 0.25) is 0 Å². The van der Waals surface area contributed by atoms with E-state index in [4.69, 9.17) is 4.74 Å². The Kier molecular flexibility index (Phi) is 4.90. The Hall–Kier alpha value is -2.38. The summed E-state index contributed by atoms with van der Waals surface area (Å²) >= 11 is 0. The Morgan fingerprint density at radius 1 is 1.19 bits per heavy atom. The first-order chi connectivity index (χ1) is 12.7. The van der Waals surface area contributed by atoms with Crippen molar-refractivity contribution >= 4 is 5.91 Å². The van der Waals surface area contributed by atoms with Crippen LogP contribution in [0.3, 0.4) is 0 Å². The highest BCUT2D eigenvalue weighted by Gasteiger charge is 2.38. The molecule has 7 heteroatoms. The monoisotopic (exact) mass is 356 g/mol. The third-order valence-corrected chi connectivity index (χ3v) is 5.12. The first-order valence-electron chi connectivity index (χ1n) is 8.86. The second-order valence-corrected chi connectivity index (χ2v) is 6.70. The van der Waals surface area contributed by atoms with Crippen molar-refractivity contribution in [1.82, 2.24) is 19.8 Å². The number of carbonyl (C=O) groups is 1. The number of hydrogen-bond acceptors (Lipinski definition) is 5. The molecule has 0 aromatic carbocycles. The molecule has 0 saturated carbocycles. The van der Waals surface area contributed by atoms with Crippen LogP contribution in [-0.2, 0) is 11.3 Å². The molecule has 2 aromatic heterocycles. The van der Waals surface area contributed by atoms with Gasteiger partial charge in [-0.05, 0) is 30.2 Å². The molecule has 1 amide bonds. The predicted molar refractivity (Wildman–Crippen MR) is 92.9 cm³/mol. The normalized spacial score (nSPS) is 23.5. The largest absolute Gasteiger partial charge is 0.375 e. The van der Waals surface area contributed by atoms with Gasteiger partial charge in [0.1, 0.15) is 0 Å². The molecule has 136 valence electrons. The van der Waals surface area contributed by atoms with Gasteiger partial charge < -0.3 is 9.64 Å². The van der Waals surface area contributed by atoms with Crippen molar-refractivity contribution in [1.29, 1.82) is 0 Å². The number of amides is 1. The summed E-state index contributed by atoms with van der Waals surface area (Å²) in [5.41, 5.74) is 1.26. The number of pyridine rings is 2. The minimum Gasteiger partial charge on any atom is -0.375 e. The number of likely N-dealkylation sites (tertiary alicyclic amines) is 1. The van der Waals surface area contributed by atoms with E-state index in [-0.39, 0.29) is 23.6 Å². The van der Waals surface area contributed by atoms with Crippen LogP contribution in [0.4, 0.5) is 4.39 Å². The van der Waals surface area contributed by atoms with Crippen LogP contribution in [0.1, 0.15) is 22.3 Å². The van der Waals surface area contributed by atoms with Crippen LogP contribution in [-0.4, -0.2) is 64.1 Å². The third kappa shape index (κ3) is 3.45. The summed E-state index contributed by atoms with van der Waals surface area (Å²) in [6.07, 6.45) is 6.97. The van der Waals surface area contributed by atoms with Gasteiger partial charge in [-0.3, -0.25) is 19.7 Å². The molecule has 6 nitrogen and oxygen atoms in total. The lowest BCUT2D eigenvalue weighted by Crippen LogP contribution is -2.60. The number of halogens is 1. The van der Waals surface area contributed by atoms with Gasteiger partial charge in [-0.2, -0.15) is 0 Å². The highest BCUT2D eigenvalue weighted by molar-refractivity contribution is 5.94. The van der Waals surface area contributed by atoms with E-state index >= 15 is 0 Å². The Balaban J connectivity index is 1.50. The maximum Gasteiger partial charge on any atom is 0.257 e. The van der Waals surface area contributed by atoms with Gasteiger partial charge in [0.25, 0.3) is 5.91 Å². The number of hydrogen-bond donors (Lipinski definition) is 0. The van der Waals surface area contributed by atoms with Crippen LogP contribution in [0.25, 0.3) is 0 Å². The van der Waals surface area contributed by atoms with E-state index in [1.54, 1.807) is 17.3 Å². The number of morpholine rings is 1. The summed E-state index contributed by atoms with van der Waals surface area (Å²) in [5.74, 6) is -0.856. The van der Waals surface area contributed by atoms with Crippen molar-refractivity contribution < 1.29 is 13.9 Å². The first-order valence-corrected chi connectivity index (χ1v) is 8.86. The molecule has 2 fully saturated rings. The zero-order chi connectivity index (χ0) is 17.9. The zero-order valence-corrected chi connectivity index (χ0v) is 14.4. The first kappa shape index (κ1) is 17.1. The van der Waals surface area contributed by atoms with Crippen molar-refractivity contribution in [2.75, 3.05) is 26.2 Å². The van der Waals surface area contributed by atoms with Crippen LogP contribution < -0.4 is 0 Å². The van der Waals surface area contributed by atoms with Crippen molar-refractivity contribution in [2.24, 2.45) is 0 Å². The zero-order valence-electron chi connectivity index (χ0n) is 14.4. The highest BCUT2D eigenvalue weighted by Crippen LogP contribution is 2.26. The highest BCUT2D eigenvalue weighted by atomic mass is 19.1. The number of fused-ring (bicyclic) bond motifs is 1. The fourth-order valence-corrected chi connectivity index (χ4v) is 3.76. The van der Waals surface area contributed by atoms with Crippen LogP contribution in [0, 0.1) is 5.82 Å². The van der Waals surface area contributed by atoms with Crippen molar-refractivity contribution in [3.8, 4) is 0 Å². The number of piperidine rings is 1. The van der Waals surface area contributed by atoms with Crippen molar-refractivity contribution in [2.45, 2.75) is 25.1 Å². The number of aromatic nitrogens is 2. The van der Waals surface area contributed by atoms with Gasteiger partial charge in [-0.1, -0.05) is 0 Å². The average molecular weight is 356 g/mol. The summed E-state index contributed by atoms with van der Waals surface area (Å²) < 4.78 is 19.9. The molecule has 0 bridgehead atoms. The molecule has 2 aliphatic rings. The van der Waals surface area contributed by atoms with E-state index in [0.29, 0.717) is 19.7 Å². The molecule has 2 aliphatic heterocycles. The van der Waals surface area contributed by atoms with E-state index in [2.05, 4.69) is 14.9 Å². The van der Waals surface area contributed by atoms with Gasteiger partial charge in [0.05, 0.1) is 30.5 Å². The van der Waals surface area contributed by atoms with E-state index < -0.39 is 5.82 Å². The molecule has 2 saturated heterocycles. The van der Waals surface area contributed by atoms with E-state index in [9.17, 15) is 9.18 Å². The van der Waals surface area contributed by atoms with Gasteiger partial charge in [0, 0.05) is 44.8 Å². The summed E-state index contributed by atoms with van der Waals surface area (Å²) in [6, 6.07) is 5.56. The minimum atomic E-state index is -0.576. The van der Waals surface area contributed by atoms with Gasteiger partial charge in [0.15, 0.2) is 5.82 Å². The molecule has 0 aliphatic carbocycles. The second-order valence-electron chi connectivity index (χ2n) is 6.70. The number of ether oxygens (including phenoxy) is 1. The Morgan fingerprint density at radius 3 is 2.81 bits per heavy atom. The Bertz CT molecular complexity index is 773. The number of nitrogens with zero attached hydrogens (tertiary/aromatic N) is 4. The van der Waals surface area contributed by atoms with E-state index in [1.165, 1.54) is 17.8 Å². The molecular weight excluding hydrogens is 335 g/mol. The average Bonchev–Trinajstić information content (AvgIpc) is 2.69. The van der Waals surface area contributed by atoms with Crippen LogP contribution >= 0.6 is 0 Å². The second kappa shape index (κ2) is 7.47. The van der Waals surface area contributed by atoms with E-state index in [0.717, 1.165) is 25.7 Å². The predicted octanol–water partition coefficient (Wildman–Crippen LogP) is 1.73. The third-order valence-electron chi connectivity index (χ3n) is 5.12. The van der Waals surface area contributed by atoms with Gasteiger partial charge in [0.2, 0.25) is 0 Å². The topological polar surface area (TPSA) is 58.6 Å².